The summed E-state index contributed by atoms with van der Waals surface area (Å²) in [6.07, 6.45) is 0. The normalized spacial score (nSPS) is 14.2. The van der Waals surface area contributed by atoms with Gasteiger partial charge in [-0.1, -0.05) is 29.8 Å². The van der Waals surface area contributed by atoms with Gasteiger partial charge in [0, 0.05) is 23.8 Å². The summed E-state index contributed by atoms with van der Waals surface area (Å²) in [5, 5.41) is 3.21. The van der Waals surface area contributed by atoms with Crippen LogP contribution in [0.15, 0.2) is 48.5 Å². The molecular formula is C20H20ClN3O4. The number of hydrogen-bond donors (Lipinski definition) is 1. The molecule has 28 heavy (non-hydrogen) atoms. The zero-order valence-electron chi connectivity index (χ0n) is 15.4. The summed E-state index contributed by atoms with van der Waals surface area (Å²) in [7, 11) is 0. The van der Waals surface area contributed by atoms with Gasteiger partial charge < -0.3 is 19.9 Å². The van der Waals surface area contributed by atoms with Crippen molar-refractivity contribution in [3.05, 3.63) is 53.6 Å². The molecule has 1 aliphatic heterocycles. The van der Waals surface area contributed by atoms with E-state index in [1.54, 1.807) is 48.5 Å². The van der Waals surface area contributed by atoms with Gasteiger partial charge in [0.05, 0.1) is 12.3 Å². The Morgan fingerprint density at radius 1 is 1.11 bits per heavy atom. The molecule has 1 fully saturated rings. The highest BCUT2D eigenvalue weighted by Gasteiger charge is 2.34. The minimum Gasteiger partial charge on any atom is -0.492 e. The van der Waals surface area contributed by atoms with Crippen molar-refractivity contribution in [2.24, 2.45) is 0 Å². The van der Waals surface area contributed by atoms with Gasteiger partial charge in [-0.05, 0) is 37.3 Å². The largest absolute Gasteiger partial charge is 0.492 e. The van der Waals surface area contributed by atoms with E-state index in [1.165, 1.54) is 9.80 Å². The molecule has 1 saturated heterocycles. The van der Waals surface area contributed by atoms with Crippen molar-refractivity contribution in [3.63, 3.8) is 0 Å². The molecule has 146 valence electrons. The van der Waals surface area contributed by atoms with E-state index >= 15 is 0 Å². The lowest BCUT2D eigenvalue weighted by molar-refractivity contribution is -0.147. The molecule has 3 rings (SSSR count). The first-order chi connectivity index (χ1) is 13.5. The Bertz CT molecular complexity index is 903. The van der Waals surface area contributed by atoms with Crippen LogP contribution in [0.3, 0.4) is 0 Å². The fraction of sp³-hybridized carbons (Fsp3) is 0.250. The Kier molecular flexibility index (Phi) is 6.16. The molecule has 0 bridgehead atoms. The fourth-order valence-electron chi connectivity index (χ4n) is 2.93. The van der Waals surface area contributed by atoms with Crippen molar-refractivity contribution in [3.8, 4) is 5.75 Å². The van der Waals surface area contributed by atoms with Crippen molar-refractivity contribution in [1.82, 2.24) is 4.90 Å². The third-order valence-corrected chi connectivity index (χ3v) is 4.46. The van der Waals surface area contributed by atoms with Gasteiger partial charge >= 0.3 is 11.8 Å². The molecule has 0 atom stereocenters. The molecule has 7 nitrogen and oxygen atoms in total. The second kappa shape index (κ2) is 8.75. The number of amides is 3. The quantitative estimate of drug-likeness (QED) is 0.754. The molecule has 3 amide bonds. The lowest BCUT2D eigenvalue weighted by Crippen LogP contribution is -2.56. The molecule has 2 aromatic carbocycles. The second-order valence-corrected chi connectivity index (χ2v) is 6.58. The number of piperazine rings is 1. The van der Waals surface area contributed by atoms with Crippen LogP contribution in [-0.2, 0) is 14.4 Å². The van der Waals surface area contributed by atoms with Gasteiger partial charge in [0.25, 0.3) is 0 Å². The van der Waals surface area contributed by atoms with Crippen molar-refractivity contribution >= 4 is 40.7 Å². The predicted octanol–water partition coefficient (Wildman–Crippen LogP) is 2.55. The maximum absolute atomic E-state index is 12.5. The van der Waals surface area contributed by atoms with E-state index in [0.29, 0.717) is 28.8 Å². The van der Waals surface area contributed by atoms with E-state index in [0.717, 1.165) is 0 Å². The average Bonchev–Trinajstić information content (AvgIpc) is 2.67. The molecule has 1 aliphatic rings. The van der Waals surface area contributed by atoms with Gasteiger partial charge in [0.1, 0.15) is 12.3 Å². The van der Waals surface area contributed by atoms with Crippen molar-refractivity contribution in [2.45, 2.75) is 6.92 Å². The topological polar surface area (TPSA) is 79.0 Å². The first kappa shape index (κ1) is 19.7. The summed E-state index contributed by atoms with van der Waals surface area (Å²) in [6.45, 7) is 2.63. The van der Waals surface area contributed by atoms with Crippen LogP contribution in [0, 0.1) is 0 Å². The number of ether oxygens (including phenoxy) is 1. The van der Waals surface area contributed by atoms with Crippen LogP contribution >= 0.6 is 11.6 Å². The number of rotatable bonds is 6. The number of hydrogen-bond acceptors (Lipinski definition) is 4. The van der Waals surface area contributed by atoms with Gasteiger partial charge in [0.2, 0.25) is 5.91 Å². The average molecular weight is 402 g/mol. The number of nitrogens with one attached hydrogen (secondary N) is 1. The third kappa shape index (κ3) is 4.43. The van der Waals surface area contributed by atoms with E-state index in [2.05, 4.69) is 5.32 Å². The summed E-state index contributed by atoms with van der Waals surface area (Å²) in [4.78, 5) is 39.9. The Morgan fingerprint density at radius 3 is 2.64 bits per heavy atom. The highest BCUT2D eigenvalue weighted by molar-refractivity contribution is 6.41. The van der Waals surface area contributed by atoms with E-state index in [9.17, 15) is 14.4 Å². The zero-order chi connectivity index (χ0) is 20.1. The molecule has 0 saturated carbocycles. The van der Waals surface area contributed by atoms with Crippen molar-refractivity contribution in [2.75, 3.05) is 36.5 Å². The number of anilines is 2. The van der Waals surface area contributed by atoms with Crippen LogP contribution in [0.2, 0.25) is 5.02 Å². The van der Waals surface area contributed by atoms with Crippen molar-refractivity contribution in [1.29, 1.82) is 0 Å². The number of nitrogens with zero attached hydrogens (tertiary/aromatic N) is 2. The third-order valence-electron chi connectivity index (χ3n) is 4.22. The monoisotopic (exact) mass is 401 g/mol. The number of benzene rings is 2. The summed E-state index contributed by atoms with van der Waals surface area (Å²) in [6, 6.07) is 13.8. The number of carbonyl (C=O) groups excluding carboxylic acids is 3. The summed E-state index contributed by atoms with van der Waals surface area (Å²) in [5.74, 6) is -1.26. The smallest absolute Gasteiger partial charge is 0.316 e. The maximum atomic E-state index is 12.5. The Hall–Kier alpha value is -3.06. The summed E-state index contributed by atoms with van der Waals surface area (Å²) >= 11 is 5.96. The zero-order valence-corrected chi connectivity index (χ0v) is 16.1. The number of halogens is 1. The molecular weight excluding hydrogens is 382 g/mol. The number of para-hydroxylation sites is 2. The molecule has 0 unspecified atom stereocenters. The van der Waals surface area contributed by atoms with Crippen LogP contribution in [0.1, 0.15) is 6.92 Å². The molecule has 1 heterocycles. The van der Waals surface area contributed by atoms with Gasteiger partial charge in [-0.25, -0.2) is 0 Å². The van der Waals surface area contributed by atoms with Crippen LogP contribution in [0.5, 0.6) is 5.75 Å². The van der Waals surface area contributed by atoms with Gasteiger partial charge in [-0.3, -0.25) is 14.4 Å². The lowest BCUT2D eigenvalue weighted by Gasteiger charge is -2.33. The number of carbonyl (C=O) groups is 3. The molecule has 0 radical (unpaired) electrons. The van der Waals surface area contributed by atoms with Gasteiger partial charge in [0.15, 0.2) is 0 Å². The highest BCUT2D eigenvalue weighted by atomic mass is 35.5. The van der Waals surface area contributed by atoms with E-state index in [1.807, 2.05) is 6.92 Å². The van der Waals surface area contributed by atoms with Crippen LogP contribution in [0.4, 0.5) is 11.4 Å². The first-order valence-electron chi connectivity index (χ1n) is 8.87. The Labute approximate surface area is 167 Å². The minimum absolute atomic E-state index is 0.214. The van der Waals surface area contributed by atoms with Crippen molar-refractivity contribution < 1.29 is 19.1 Å². The summed E-state index contributed by atoms with van der Waals surface area (Å²) < 4.78 is 5.47. The highest BCUT2D eigenvalue weighted by Crippen LogP contribution is 2.24. The molecule has 8 heteroatoms. The SMILES string of the molecule is CCOc1ccccc1NC(=O)CN1CCN(c2cccc(Cl)c2)C(=O)C1=O. The van der Waals surface area contributed by atoms with E-state index in [-0.39, 0.29) is 19.6 Å². The van der Waals surface area contributed by atoms with Crippen LogP contribution in [0.25, 0.3) is 0 Å². The maximum Gasteiger partial charge on any atom is 0.316 e. The molecule has 0 aromatic heterocycles. The van der Waals surface area contributed by atoms with Gasteiger partial charge in [-0.2, -0.15) is 0 Å². The van der Waals surface area contributed by atoms with Gasteiger partial charge in [-0.15, -0.1) is 0 Å². The Balaban J connectivity index is 1.64. The first-order valence-corrected chi connectivity index (χ1v) is 9.25. The molecule has 0 aliphatic carbocycles. The molecule has 2 aromatic rings. The minimum atomic E-state index is -0.723. The Morgan fingerprint density at radius 2 is 1.89 bits per heavy atom. The van der Waals surface area contributed by atoms with Crippen LogP contribution < -0.4 is 15.0 Å². The lowest BCUT2D eigenvalue weighted by atomic mass is 10.2. The molecule has 1 N–H and O–H groups in total. The fourth-order valence-corrected chi connectivity index (χ4v) is 3.11. The van der Waals surface area contributed by atoms with Crippen LogP contribution in [-0.4, -0.2) is 48.9 Å². The van der Waals surface area contributed by atoms with E-state index in [4.69, 9.17) is 16.3 Å². The molecule has 0 spiro atoms. The predicted molar refractivity (Wildman–Crippen MR) is 107 cm³/mol. The van der Waals surface area contributed by atoms with E-state index < -0.39 is 17.7 Å². The summed E-state index contributed by atoms with van der Waals surface area (Å²) in [5.41, 5.74) is 1.08. The second-order valence-electron chi connectivity index (χ2n) is 6.14. The standard InChI is InChI=1S/C20H20ClN3O4/c1-2-28-17-9-4-3-8-16(17)22-18(25)13-23-10-11-24(20(27)19(23)26)15-7-5-6-14(21)12-15/h3-9,12H,2,10-11,13H2,1H3,(H,22,25).